The normalized spacial score (nSPS) is 11.8. The van der Waals surface area contributed by atoms with E-state index in [2.05, 4.69) is 26.0 Å². The van der Waals surface area contributed by atoms with Crippen LogP contribution in [-0.4, -0.2) is 31.6 Å². The summed E-state index contributed by atoms with van der Waals surface area (Å²) in [7, 11) is 2.98. The Morgan fingerprint density at radius 1 is 1.47 bits per heavy atom. The Balaban J connectivity index is 2.68. The number of hydrogen-bond donors (Lipinski definition) is 1. The smallest absolute Gasteiger partial charge is 0.321 e. The zero-order valence-electron chi connectivity index (χ0n) is 10.1. The molecule has 0 saturated carbocycles. The highest BCUT2D eigenvalue weighted by Crippen LogP contribution is 2.25. The van der Waals surface area contributed by atoms with Crippen LogP contribution >= 0.6 is 15.9 Å². The number of hydrogen-bond acceptors (Lipinski definition) is 4. The molecule has 0 aliphatic rings. The third kappa shape index (κ3) is 3.93. The second kappa shape index (κ2) is 6.49. The molecule has 0 radical (unpaired) electrons. The summed E-state index contributed by atoms with van der Waals surface area (Å²) >= 11 is 3.25. The minimum atomic E-state index is -0.377. The van der Waals surface area contributed by atoms with E-state index in [9.17, 15) is 4.79 Å². The zero-order valence-corrected chi connectivity index (χ0v) is 11.7. The highest BCUT2D eigenvalue weighted by atomic mass is 79.9. The number of anilines is 1. The SMILES string of the molecule is COC(=O)C(Br)CNc1cc(C)ccc1OC. The second-order valence-corrected chi connectivity index (χ2v) is 4.68. The maximum absolute atomic E-state index is 11.2. The van der Waals surface area contributed by atoms with Gasteiger partial charge in [-0.05, 0) is 24.6 Å². The summed E-state index contributed by atoms with van der Waals surface area (Å²) in [6.07, 6.45) is 0. The van der Waals surface area contributed by atoms with Crippen molar-refractivity contribution in [3.05, 3.63) is 23.8 Å². The first-order chi connectivity index (χ1) is 8.08. The van der Waals surface area contributed by atoms with E-state index in [4.69, 9.17) is 4.74 Å². The summed E-state index contributed by atoms with van der Waals surface area (Å²) in [4.78, 5) is 10.8. The average molecular weight is 302 g/mol. The van der Waals surface area contributed by atoms with E-state index in [1.807, 2.05) is 25.1 Å². The van der Waals surface area contributed by atoms with Gasteiger partial charge in [0, 0.05) is 6.54 Å². The molecule has 1 rings (SSSR count). The van der Waals surface area contributed by atoms with Crippen LogP contribution in [0.15, 0.2) is 18.2 Å². The summed E-state index contributed by atoms with van der Waals surface area (Å²) in [6, 6.07) is 5.82. The summed E-state index contributed by atoms with van der Waals surface area (Å²) in [5, 5.41) is 3.15. The van der Waals surface area contributed by atoms with E-state index >= 15 is 0 Å². The first-order valence-corrected chi connectivity index (χ1v) is 6.10. The van der Waals surface area contributed by atoms with Crippen molar-refractivity contribution in [2.45, 2.75) is 11.8 Å². The Morgan fingerprint density at radius 3 is 2.76 bits per heavy atom. The van der Waals surface area contributed by atoms with Crippen LogP contribution in [0.2, 0.25) is 0 Å². The molecule has 0 amide bonds. The number of aryl methyl sites for hydroxylation is 1. The standard InChI is InChI=1S/C12H16BrNO3/c1-8-4-5-11(16-2)10(6-8)14-7-9(13)12(15)17-3/h4-6,9,14H,7H2,1-3H3. The molecule has 94 valence electrons. The van der Waals surface area contributed by atoms with Gasteiger partial charge in [0.1, 0.15) is 10.6 Å². The molecular formula is C12H16BrNO3. The number of carbonyl (C=O) groups is 1. The number of methoxy groups -OCH3 is 2. The van der Waals surface area contributed by atoms with Crippen molar-refractivity contribution >= 4 is 27.6 Å². The number of ether oxygens (including phenoxy) is 2. The van der Waals surface area contributed by atoms with E-state index in [0.717, 1.165) is 17.0 Å². The predicted octanol–water partition coefficient (Wildman–Crippen LogP) is 2.35. The summed E-state index contributed by atoms with van der Waals surface area (Å²) in [5.41, 5.74) is 1.98. The molecule has 0 bridgehead atoms. The van der Waals surface area contributed by atoms with Crippen molar-refractivity contribution in [1.82, 2.24) is 0 Å². The average Bonchev–Trinajstić information content (AvgIpc) is 2.35. The van der Waals surface area contributed by atoms with Gasteiger partial charge in [0.25, 0.3) is 0 Å². The first kappa shape index (κ1) is 13.8. The maximum atomic E-state index is 11.2. The lowest BCUT2D eigenvalue weighted by atomic mass is 10.2. The molecule has 0 aliphatic heterocycles. The van der Waals surface area contributed by atoms with Gasteiger partial charge in [0.15, 0.2) is 0 Å². The molecule has 0 saturated heterocycles. The molecular weight excluding hydrogens is 286 g/mol. The van der Waals surface area contributed by atoms with Crippen LogP contribution in [0.3, 0.4) is 0 Å². The van der Waals surface area contributed by atoms with Crippen LogP contribution in [0.4, 0.5) is 5.69 Å². The Labute approximate surface area is 109 Å². The summed E-state index contributed by atoms with van der Waals surface area (Å²) in [6.45, 7) is 2.43. The van der Waals surface area contributed by atoms with Crippen molar-refractivity contribution in [3.63, 3.8) is 0 Å². The molecule has 1 atom stereocenters. The highest BCUT2D eigenvalue weighted by Gasteiger charge is 2.15. The Kier molecular flexibility index (Phi) is 5.28. The van der Waals surface area contributed by atoms with Gasteiger partial charge in [-0.3, -0.25) is 4.79 Å². The topological polar surface area (TPSA) is 47.6 Å². The van der Waals surface area contributed by atoms with Crippen LogP contribution in [-0.2, 0) is 9.53 Å². The molecule has 1 aromatic carbocycles. The largest absolute Gasteiger partial charge is 0.495 e. The zero-order chi connectivity index (χ0) is 12.8. The molecule has 1 unspecified atom stereocenters. The van der Waals surface area contributed by atoms with Gasteiger partial charge in [0.05, 0.1) is 19.9 Å². The van der Waals surface area contributed by atoms with Crippen molar-refractivity contribution in [1.29, 1.82) is 0 Å². The van der Waals surface area contributed by atoms with Crippen LogP contribution in [0.1, 0.15) is 5.56 Å². The molecule has 1 aromatic rings. The van der Waals surface area contributed by atoms with E-state index in [1.165, 1.54) is 7.11 Å². The maximum Gasteiger partial charge on any atom is 0.321 e. The van der Waals surface area contributed by atoms with Crippen LogP contribution < -0.4 is 10.1 Å². The quantitative estimate of drug-likeness (QED) is 0.670. The van der Waals surface area contributed by atoms with Crippen molar-refractivity contribution in [2.24, 2.45) is 0 Å². The molecule has 0 aliphatic carbocycles. The lowest BCUT2D eigenvalue weighted by Gasteiger charge is -2.13. The van der Waals surface area contributed by atoms with Gasteiger partial charge in [-0.15, -0.1) is 0 Å². The van der Waals surface area contributed by atoms with Crippen LogP contribution in [0.25, 0.3) is 0 Å². The fourth-order valence-electron chi connectivity index (χ4n) is 1.37. The van der Waals surface area contributed by atoms with E-state index in [0.29, 0.717) is 6.54 Å². The van der Waals surface area contributed by atoms with Gasteiger partial charge in [-0.25, -0.2) is 0 Å². The fourth-order valence-corrected chi connectivity index (χ4v) is 1.72. The van der Waals surface area contributed by atoms with Crippen molar-refractivity contribution < 1.29 is 14.3 Å². The number of halogens is 1. The lowest BCUT2D eigenvalue weighted by molar-refractivity contribution is -0.139. The number of carbonyl (C=O) groups excluding carboxylic acids is 1. The molecule has 0 aromatic heterocycles. The van der Waals surface area contributed by atoms with Crippen molar-refractivity contribution in [3.8, 4) is 5.75 Å². The van der Waals surface area contributed by atoms with E-state index in [-0.39, 0.29) is 10.8 Å². The Bertz CT molecular complexity index is 395. The van der Waals surface area contributed by atoms with Crippen molar-refractivity contribution in [2.75, 3.05) is 26.1 Å². The molecule has 0 fully saturated rings. The van der Waals surface area contributed by atoms with E-state index in [1.54, 1.807) is 7.11 Å². The van der Waals surface area contributed by atoms with Gasteiger partial charge < -0.3 is 14.8 Å². The van der Waals surface area contributed by atoms with Crippen LogP contribution in [0.5, 0.6) is 5.75 Å². The number of alkyl halides is 1. The first-order valence-electron chi connectivity index (χ1n) is 5.19. The monoisotopic (exact) mass is 301 g/mol. The molecule has 4 nitrogen and oxygen atoms in total. The van der Waals surface area contributed by atoms with E-state index < -0.39 is 0 Å². The predicted molar refractivity (Wildman–Crippen MR) is 71.0 cm³/mol. The summed E-state index contributed by atoms with van der Waals surface area (Å²) < 4.78 is 9.85. The third-order valence-electron chi connectivity index (χ3n) is 2.28. The lowest BCUT2D eigenvalue weighted by Crippen LogP contribution is -2.24. The third-order valence-corrected chi connectivity index (χ3v) is 2.98. The van der Waals surface area contributed by atoms with Crippen LogP contribution in [0, 0.1) is 6.92 Å². The number of benzene rings is 1. The Morgan fingerprint density at radius 2 is 2.18 bits per heavy atom. The number of rotatable bonds is 5. The summed E-state index contributed by atoms with van der Waals surface area (Å²) in [5.74, 6) is 0.448. The molecule has 0 heterocycles. The van der Waals surface area contributed by atoms with Gasteiger partial charge in [-0.2, -0.15) is 0 Å². The molecule has 1 N–H and O–H groups in total. The van der Waals surface area contributed by atoms with Gasteiger partial charge in [-0.1, -0.05) is 22.0 Å². The number of esters is 1. The fraction of sp³-hybridized carbons (Fsp3) is 0.417. The molecule has 0 spiro atoms. The number of nitrogens with one attached hydrogen (secondary N) is 1. The molecule has 17 heavy (non-hydrogen) atoms. The molecule has 5 heteroatoms. The second-order valence-electron chi connectivity index (χ2n) is 3.58. The van der Waals surface area contributed by atoms with Gasteiger partial charge >= 0.3 is 5.97 Å². The highest BCUT2D eigenvalue weighted by molar-refractivity contribution is 9.10. The minimum Gasteiger partial charge on any atom is -0.495 e. The van der Waals surface area contributed by atoms with Gasteiger partial charge in [0.2, 0.25) is 0 Å². The minimum absolute atomic E-state index is 0.302. The Hall–Kier alpha value is -1.23.